The van der Waals surface area contributed by atoms with Crippen molar-refractivity contribution < 1.29 is 21.9 Å². The number of H-pyrrole nitrogens is 1. The van der Waals surface area contributed by atoms with E-state index in [1.807, 2.05) is 0 Å². The molecule has 1 aromatic heterocycles. The van der Waals surface area contributed by atoms with Gasteiger partial charge in [-0.1, -0.05) is 18.2 Å². The molecule has 1 aliphatic rings. The van der Waals surface area contributed by atoms with Crippen LogP contribution in [0.3, 0.4) is 0 Å². The molecule has 0 aliphatic carbocycles. The minimum atomic E-state index is -4.61. The zero-order valence-corrected chi connectivity index (χ0v) is 18.6. The van der Waals surface area contributed by atoms with Crippen LogP contribution in [0.15, 0.2) is 61.7 Å². The van der Waals surface area contributed by atoms with E-state index in [0.717, 1.165) is 6.07 Å². The topological polar surface area (TPSA) is 218 Å². The molecule has 174 valence electrons. The highest BCUT2D eigenvalue weighted by Crippen LogP contribution is 2.37. The molecule has 3 aromatic rings. The fourth-order valence-electron chi connectivity index (χ4n) is 3.40. The summed E-state index contributed by atoms with van der Waals surface area (Å²) in [6, 6.07) is 6.90. The molecule has 0 fully saturated rings. The van der Waals surface area contributed by atoms with Gasteiger partial charge in [0.25, 0.3) is 0 Å². The molecule has 2 aromatic carbocycles. The van der Waals surface area contributed by atoms with Crippen LogP contribution in [-0.2, 0) is 20.0 Å². The first-order chi connectivity index (χ1) is 15.6. The Balaban J connectivity index is 2.04. The zero-order chi connectivity index (χ0) is 23.8. The average molecular weight is 493 g/mol. The number of para-hydroxylation sites is 1. The van der Waals surface area contributed by atoms with Crippen LogP contribution in [0.5, 0.6) is 0 Å². The minimum Gasteiger partial charge on any atom is -0.395 e. The number of aliphatic imine (C=N–C) groups is 1. The van der Waals surface area contributed by atoms with Crippen LogP contribution in [-0.4, -0.2) is 63.6 Å². The SMILES string of the molecule is N[C@H](CO)CNS(=O)(=O)c1ccc(-c2cccc3[nH]cnc23)c(C2=NCN=N2)c1S(N)(=O)=O. The van der Waals surface area contributed by atoms with Gasteiger partial charge in [0.05, 0.1) is 29.5 Å². The van der Waals surface area contributed by atoms with E-state index in [1.54, 1.807) is 18.2 Å². The molecule has 4 rings (SSSR count). The first-order valence-electron chi connectivity index (χ1n) is 9.54. The molecule has 1 aliphatic heterocycles. The van der Waals surface area contributed by atoms with Crippen LogP contribution in [0.2, 0.25) is 0 Å². The zero-order valence-electron chi connectivity index (χ0n) is 17.0. The van der Waals surface area contributed by atoms with Crippen LogP contribution in [0.1, 0.15) is 5.56 Å². The predicted molar refractivity (Wildman–Crippen MR) is 119 cm³/mol. The van der Waals surface area contributed by atoms with E-state index in [2.05, 4.69) is 29.9 Å². The first kappa shape index (κ1) is 23.1. The van der Waals surface area contributed by atoms with Crippen LogP contribution in [0.4, 0.5) is 0 Å². The van der Waals surface area contributed by atoms with Crippen LogP contribution in [0, 0.1) is 0 Å². The Morgan fingerprint density at radius 3 is 2.61 bits per heavy atom. The van der Waals surface area contributed by atoms with E-state index >= 15 is 0 Å². The van der Waals surface area contributed by atoms with Gasteiger partial charge in [0, 0.05) is 18.2 Å². The Hall–Kier alpha value is -3.08. The second-order valence-corrected chi connectivity index (χ2v) is 10.4. The van der Waals surface area contributed by atoms with E-state index in [0.29, 0.717) is 22.2 Å². The number of benzene rings is 2. The lowest BCUT2D eigenvalue weighted by atomic mass is 9.97. The van der Waals surface area contributed by atoms with Gasteiger partial charge in [0.1, 0.15) is 9.79 Å². The summed E-state index contributed by atoms with van der Waals surface area (Å²) in [4.78, 5) is 10.1. The number of hydrogen-bond donors (Lipinski definition) is 5. The van der Waals surface area contributed by atoms with Gasteiger partial charge in [-0.05, 0) is 17.7 Å². The second-order valence-electron chi connectivity index (χ2n) is 7.12. The molecular formula is C18H20N8O5S2. The Morgan fingerprint density at radius 1 is 1.15 bits per heavy atom. The molecule has 33 heavy (non-hydrogen) atoms. The van der Waals surface area contributed by atoms with E-state index in [9.17, 15) is 16.8 Å². The fourth-order valence-corrected chi connectivity index (χ4v) is 6.10. The van der Waals surface area contributed by atoms with Crippen LogP contribution in [0.25, 0.3) is 22.2 Å². The molecule has 0 saturated heterocycles. The summed E-state index contributed by atoms with van der Waals surface area (Å²) in [5.41, 5.74) is 7.50. The lowest BCUT2D eigenvalue weighted by Crippen LogP contribution is -2.40. The highest BCUT2D eigenvalue weighted by molar-refractivity contribution is 7.92. The quantitative estimate of drug-likeness (QED) is 0.281. The molecule has 0 amide bonds. The van der Waals surface area contributed by atoms with Crippen molar-refractivity contribution in [3.05, 3.63) is 42.2 Å². The molecule has 0 spiro atoms. The number of nitrogens with one attached hydrogen (secondary N) is 2. The molecule has 13 nitrogen and oxygen atoms in total. The van der Waals surface area contributed by atoms with E-state index < -0.39 is 42.5 Å². The number of sulfonamides is 2. The number of nitrogens with two attached hydrogens (primary N) is 2. The monoisotopic (exact) mass is 492 g/mol. The van der Waals surface area contributed by atoms with E-state index in [1.165, 1.54) is 12.4 Å². The van der Waals surface area contributed by atoms with Gasteiger partial charge in [0.15, 0.2) is 12.5 Å². The summed E-state index contributed by atoms with van der Waals surface area (Å²) in [5.74, 6) is -0.0781. The Kier molecular flexibility index (Phi) is 6.08. The highest BCUT2D eigenvalue weighted by Gasteiger charge is 2.33. The van der Waals surface area contributed by atoms with Crippen molar-refractivity contribution in [2.24, 2.45) is 26.1 Å². The van der Waals surface area contributed by atoms with E-state index in [4.69, 9.17) is 16.0 Å². The van der Waals surface area contributed by atoms with Crippen LogP contribution < -0.4 is 15.6 Å². The molecular weight excluding hydrogens is 472 g/mol. The molecule has 2 heterocycles. The molecule has 15 heteroatoms. The van der Waals surface area contributed by atoms with Crippen molar-refractivity contribution in [1.82, 2.24) is 14.7 Å². The Labute approximate surface area is 188 Å². The van der Waals surface area contributed by atoms with Crippen molar-refractivity contribution in [2.75, 3.05) is 19.8 Å². The van der Waals surface area contributed by atoms with Gasteiger partial charge in [-0.3, -0.25) is 0 Å². The van der Waals surface area contributed by atoms with Crippen molar-refractivity contribution in [2.45, 2.75) is 15.8 Å². The van der Waals surface area contributed by atoms with Gasteiger partial charge >= 0.3 is 0 Å². The number of aromatic amines is 1. The lowest BCUT2D eigenvalue weighted by molar-refractivity contribution is 0.266. The van der Waals surface area contributed by atoms with E-state index in [-0.39, 0.29) is 24.6 Å². The smallest absolute Gasteiger partial charge is 0.242 e. The maximum Gasteiger partial charge on any atom is 0.242 e. The number of rotatable bonds is 8. The van der Waals surface area contributed by atoms with Crippen LogP contribution >= 0.6 is 0 Å². The van der Waals surface area contributed by atoms with Crippen molar-refractivity contribution in [1.29, 1.82) is 0 Å². The summed E-state index contributed by atoms with van der Waals surface area (Å²) in [5, 5.41) is 22.3. The molecule has 1 atom stereocenters. The molecule has 0 bridgehead atoms. The maximum absolute atomic E-state index is 13.0. The number of imidazole rings is 1. The van der Waals surface area contributed by atoms with Gasteiger partial charge in [-0.15, -0.1) is 5.11 Å². The first-order valence-corrected chi connectivity index (χ1v) is 12.6. The molecule has 0 unspecified atom stereocenters. The van der Waals surface area contributed by atoms with Crippen molar-refractivity contribution in [3.8, 4) is 11.1 Å². The highest BCUT2D eigenvalue weighted by atomic mass is 32.2. The summed E-state index contributed by atoms with van der Waals surface area (Å²) in [7, 11) is -9.02. The largest absolute Gasteiger partial charge is 0.395 e. The number of hydrogen-bond acceptors (Lipinski definition) is 10. The molecule has 0 saturated carbocycles. The number of primary sulfonamides is 1. The van der Waals surface area contributed by atoms with Gasteiger partial charge < -0.3 is 15.8 Å². The maximum atomic E-state index is 13.0. The van der Waals surface area contributed by atoms with Crippen molar-refractivity contribution >= 4 is 36.9 Å². The molecule has 7 N–H and O–H groups in total. The third kappa shape index (κ3) is 4.41. The number of fused-ring (bicyclic) bond motifs is 1. The minimum absolute atomic E-state index is 0.0496. The van der Waals surface area contributed by atoms with Gasteiger partial charge in [-0.25, -0.2) is 36.7 Å². The number of azo groups is 1. The second kappa shape index (κ2) is 8.69. The standard InChI is InChI=1S/C18H20N8O5S2/c19-10(7-27)6-25-33(30,31)14-5-4-11(12-2-1-3-13-16(12)22-8-21-13)15(17(14)32(20,28)29)18-23-9-24-26-18/h1-5,8,10,25,27H,6-7,9,19H2,(H,21,22)(H2,20,28,29)/t10-/m0/s1. The number of aliphatic hydroxyl groups excluding tert-OH is 1. The Bertz CT molecular complexity index is 1500. The summed E-state index contributed by atoms with van der Waals surface area (Å²) < 4.78 is 53.7. The normalized spacial score (nSPS) is 15.2. The Morgan fingerprint density at radius 2 is 1.94 bits per heavy atom. The number of aliphatic hydroxyl groups is 1. The summed E-state index contributed by atoms with van der Waals surface area (Å²) in [6.07, 6.45) is 1.48. The number of nitrogens with zero attached hydrogens (tertiary/aromatic N) is 4. The van der Waals surface area contributed by atoms with Gasteiger partial charge in [0.2, 0.25) is 20.0 Å². The lowest BCUT2D eigenvalue weighted by Gasteiger charge is -2.18. The predicted octanol–water partition coefficient (Wildman–Crippen LogP) is -0.355. The van der Waals surface area contributed by atoms with Crippen molar-refractivity contribution in [3.63, 3.8) is 0 Å². The third-order valence-corrected chi connectivity index (χ3v) is 7.47. The summed E-state index contributed by atoms with van der Waals surface area (Å²) >= 11 is 0. The van der Waals surface area contributed by atoms with Gasteiger partial charge in [-0.2, -0.15) is 5.11 Å². The summed E-state index contributed by atoms with van der Waals surface area (Å²) in [6.45, 7) is -0.848. The average Bonchev–Trinajstić information content (AvgIpc) is 3.47. The third-order valence-electron chi connectivity index (χ3n) is 4.88. The number of aromatic nitrogens is 2. The number of amidine groups is 1. The fraction of sp³-hybridized carbons (Fsp3) is 0.222. The molecule has 0 radical (unpaired) electrons.